The number of hydrogen-bond donors (Lipinski definition) is 1. The van der Waals surface area contributed by atoms with E-state index in [-0.39, 0.29) is 36.2 Å². The highest BCUT2D eigenvalue weighted by Gasteiger charge is 2.31. The number of likely N-dealkylation sites (N-methyl/N-ethyl adjacent to an activating group) is 1. The van der Waals surface area contributed by atoms with Gasteiger partial charge in [-0.25, -0.2) is 4.79 Å². The SMILES string of the molecule is CCCCCCCCCCCCCCCC(=O)OC(COCCC(C(=O)O)[N+](C)(C)C)COC(=O)CCCCCCCCCCCC. The lowest BCUT2D eigenvalue weighted by molar-refractivity contribution is -0.887. The molecule has 0 aromatic rings. The van der Waals surface area contributed by atoms with Gasteiger partial charge in [-0.05, 0) is 12.8 Å². The fourth-order valence-corrected chi connectivity index (χ4v) is 5.91. The van der Waals surface area contributed by atoms with Gasteiger partial charge in [-0.1, -0.05) is 149 Å². The Labute approximate surface area is 289 Å². The molecule has 2 unspecified atom stereocenters. The van der Waals surface area contributed by atoms with Crippen LogP contribution in [0.1, 0.15) is 181 Å². The highest BCUT2D eigenvalue weighted by Crippen LogP contribution is 2.15. The summed E-state index contributed by atoms with van der Waals surface area (Å²) in [6, 6.07) is -0.606. The summed E-state index contributed by atoms with van der Waals surface area (Å²) in [7, 11) is 5.52. The first-order chi connectivity index (χ1) is 22.6. The van der Waals surface area contributed by atoms with Crippen molar-refractivity contribution < 1.29 is 38.2 Å². The van der Waals surface area contributed by atoms with Gasteiger partial charge in [-0.3, -0.25) is 9.59 Å². The Morgan fingerprint density at radius 1 is 0.553 bits per heavy atom. The van der Waals surface area contributed by atoms with Crippen molar-refractivity contribution in [3.8, 4) is 0 Å². The van der Waals surface area contributed by atoms with Crippen LogP contribution in [0, 0.1) is 0 Å². The molecule has 0 saturated heterocycles. The van der Waals surface area contributed by atoms with Gasteiger partial charge in [-0.2, -0.15) is 0 Å². The van der Waals surface area contributed by atoms with E-state index in [2.05, 4.69) is 13.8 Å². The van der Waals surface area contributed by atoms with Gasteiger partial charge in [0.25, 0.3) is 0 Å². The van der Waals surface area contributed by atoms with E-state index in [4.69, 9.17) is 14.2 Å². The molecule has 8 heteroatoms. The number of quaternary nitrogens is 1. The standard InChI is InChI=1S/C39H75NO7/c1-6-8-10-12-14-16-18-19-20-22-24-26-28-30-38(42)47-35(33-45-32-31-36(39(43)44)40(3,4)5)34-46-37(41)29-27-25-23-21-17-15-13-11-9-7-2/h35-36H,6-34H2,1-5H3/p+1. The highest BCUT2D eigenvalue weighted by atomic mass is 16.6. The van der Waals surface area contributed by atoms with Crippen LogP contribution in [-0.2, 0) is 28.6 Å². The number of aliphatic carboxylic acids is 1. The predicted octanol–water partition coefficient (Wildman–Crippen LogP) is 9.80. The predicted molar refractivity (Wildman–Crippen MR) is 193 cm³/mol. The number of rotatable bonds is 35. The van der Waals surface area contributed by atoms with Crippen molar-refractivity contribution in [2.24, 2.45) is 0 Å². The molecular formula is C39H76NO7+. The van der Waals surface area contributed by atoms with Crippen LogP contribution in [0.2, 0.25) is 0 Å². The van der Waals surface area contributed by atoms with E-state index in [9.17, 15) is 19.5 Å². The number of hydrogen-bond acceptors (Lipinski definition) is 6. The fraction of sp³-hybridized carbons (Fsp3) is 0.923. The van der Waals surface area contributed by atoms with Gasteiger partial charge in [0.05, 0.1) is 34.4 Å². The van der Waals surface area contributed by atoms with Crippen molar-refractivity contribution >= 4 is 17.9 Å². The van der Waals surface area contributed by atoms with Crippen LogP contribution in [0.15, 0.2) is 0 Å². The number of carbonyl (C=O) groups is 3. The Morgan fingerprint density at radius 3 is 1.32 bits per heavy atom. The molecule has 278 valence electrons. The summed E-state index contributed by atoms with van der Waals surface area (Å²) in [6.07, 6.45) is 28.5. The third kappa shape index (κ3) is 30.1. The first-order valence-electron chi connectivity index (χ1n) is 19.6. The molecule has 0 aromatic carbocycles. The normalized spacial score (nSPS) is 13.0. The third-order valence-electron chi connectivity index (χ3n) is 9.01. The van der Waals surface area contributed by atoms with Crippen LogP contribution >= 0.6 is 0 Å². The maximum absolute atomic E-state index is 12.6. The van der Waals surface area contributed by atoms with Gasteiger partial charge in [0.2, 0.25) is 0 Å². The summed E-state index contributed by atoms with van der Waals surface area (Å²) < 4.78 is 17.2. The van der Waals surface area contributed by atoms with Crippen LogP contribution in [-0.4, -0.2) is 80.6 Å². The van der Waals surface area contributed by atoms with E-state index in [1.807, 2.05) is 21.1 Å². The second-order valence-electron chi connectivity index (χ2n) is 14.6. The smallest absolute Gasteiger partial charge is 0.362 e. The molecule has 1 N–H and O–H groups in total. The van der Waals surface area contributed by atoms with E-state index >= 15 is 0 Å². The number of carboxylic acids is 1. The lowest BCUT2D eigenvalue weighted by atomic mass is 10.0. The molecule has 0 spiro atoms. The van der Waals surface area contributed by atoms with E-state index in [0.717, 1.165) is 38.5 Å². The van der Waals surface area contributed by atoms with Gasteiger partial charge in [0.1, 0.15) is 6.61 Å². The van der Waals surface area contributed by atoms with E-state index in [1.165, 1.54) is 109 Å². The molecule has 0 radical (unpaired) electrons. The molecule has 2 atom stereocenters. The number of ether oxygens (including phenoxy) is 3. The van der Waals surface area contributed by atoms with Crippen molar-refractivity contribution in [1.82, 2.24) is 0 Å². The monoisotopic (exact) mass is 671 g/mol. The molecule has 47 heavy (non-hydrogen) atoms. The minimum atomic E-state index is -0.872. The first kappa shape index (κ1) is 45.3. The zero-order chi connectivity index (χ0) is 35.0. The summed E-state index contributed by atoms with van der Waals surface area (Å²) in [5, 5.41) is 9.57. The van der Waals surface area contributed by atoms with Gasteiger partial charge >= 0.3 is 17.9 Å². The summed E-state index contributed by atoms with van der Waals surface area (Å²) >= 11 is 0. The van der Waals surface area contributed by atoms with Crippen LogP contribution < -0.4 is 0 Å². The Bertz CT molecular complexity index is 752. The zero-order valence-corrected chi connectivity index (χ0v) is 31.5. The maximum atomic E-state index is 12.6. The van der Waals surface area contributed by atoms with Crippen molar-refractivity contribution in [3.63, 3.8) is 0 Å². The van der Waals surface area contributed by atoms with Crippen LogP contribution in [0.25, 0.3) is 0 Å². The van der Waals surface area contributed by atoms with E-state index in [0.29, 0.717) is 19.3 Å². The second kappa shape index (κ2) is 31.6. The largest absolute Gasteiger partial charge is 0.477 e. The van der Waals surface area contributed by atoms with Crippen LogP contribution in [0.5, 0.6) is 0 Å². The van der Waals surface area contributed by atoms with Gasteiger partial charge in [0.15, 0.2) is 12.1 Å². The Kier molecular flexibility index (Phi) is 30.5. The molecule has 0 saturated carbocycles. The molecule has 0 rings (SSSR count). The molecule has 0 bridgehead atoms. The summed E-state index contributed by atoms with van der Waals surface area (Å²) in [4.78, 5) is 36.7. The van der Waals surface area contributed by atoms with Gasteiger partial charge < -0.3 is 23.8 Å². The van der Waals surface area contributed by atoms with Crippen LogP contribution in [0.3, 0.4) is 0 Å². The quantitative estimate of drug-likeness (QED) is 0.0407. The summed E-state index contributed by atoms with van der Waals surface area (Å²) in [5.41, 5.74) is 0. The van der Waals surface area contributed by atoms with Crippen molar-refractivity contribution in [1.29, 1.82) is 0 Å². The average molecular weight is 671 g/mol. The van der Waals surface area contributed by atoms with E-state index in [1.54, 1.807) is 0 Å². The highest BCUT2D eigenvalue weighted by molar-refractivity contribution is 5.72. The molecule has 0 aromatic heterocycles. The Morgan fingerprint density at radius 2 is 0.936 bits per heavy atom. The molecule has 0 amide bonds. The fourth-order valence-electron chi connectivity index (χ4n) is 5.91. The topological polar surface area (TPSA) is 99.1 Å². The number of unbranched alkanes of at least 4 members (excludes halogenated alkanes) is 21. The van der Waals surface area contributed by atoms with Crippen molar-refractivity contribution in [2.45, 2.75) is 193 Å². The van der Waals surface area contributed by atoms with E-state index < -0.39 is 18.1 Å². The molecule has 0 heterocycles. The van der Waals surface area contributed by atoms with Crippen molar-refractivity contribution in [2.75, 3.05) is 41.0 Å². The Hall–Kier alpha value is -1.67. The van der Waals surface area contributed by atoms with Crippen molar-refractivity contribution in [3.05, 3.63) is 0 Å². The first-order valence-corrected chi connectivity index (χ1v) is 19.6. The molecule has 0 aliphatic rings. The summed E-state index contributed by atoms with van der Waals surface area (Å²) in [5.74, 6) is -1.46. The molecule has 0 aliphatic heterocycles. The average Bonchev–Trinajstić information content (AvgIpc) is 3.01. The molecule has 8 nitrogen and oxygen atoms in total. The molecular weight excluding hydrogens is 594 g/mol. The molecule has 0 fully saturated rings. The number of esters is 2. The number of carbonyl (C=O) groups excluding carboxylic acids is 2. The second-order valence-corrected chi connectivity index (χ2v) is 14.6. The lowest BCUT2D eigenvalue weighted by Gasteiger charge is -2.31. The zero-order valence-electron chi connectivity index (χ0n) is 31.5. The van der Waals surface area contributed by atoms with Gasteiger partial charge in [0, 0.05) is 19.3 Å². The van der Waals surface area contributed by atoms with Crippen LogP contribution in [0.4, 0.5) is 0 Å². The minimum Gasteiger partial charge on any atom is -0.477 e. The van der Waals surface area contributed by atoms with Gasteiger partial charge in [-0.15, -0.1) is 0 Å². The summed E-state index contributed by atoms with van der Waals surface area (Å²) in [6.45, 7) is 4.73. The third-order valence-corrected chi connectivity index (χ3v) is 9.01. The Balaban J connectivity index is 4.38. The number of carboxylic acid groups (broad SMARTS) is 1. The lowest BCUT2D eigenvalue weighted by Crippen LogP contribution is -2.50. The molecule has 0 aliphatic carbocycles. The maximum Gasteiger partial charge on any atom is 0.362 e. The number of nitrogens with zero attached hydrogens (tertiary/aromatic N) is 1. The minimum absolute atomic E-state index is 0.0430.